The fourth-order valence-corrected chi connectivity index (χ4v) is 0.513. The van der Waals surface area contributed by atoms with Crippen LogP contribution < -0.4 is 0 Å². The molecule has 1 aromatic rings. The van der Waals surface area contributed by atoms with Crippen molar-refractivity contribution in [1.82, 2.24) is 0 Å². The van der Waals surface area contributed by atoms with E-state index < -0.39 is 0 Å². The first-order valence-corrected chi connectivity index (χ1v) is 2.38. The fraction of sp³-hybridized carbons (Fsp3) is 0. The van der Waals surface area contributed by atoms with Crippen molar-refractivity contribution in [2.45, 2.75) is 0 Å². The van der Waals surface area contributed by atoms with Crippen LogP contribution in [0.15, 0.2) is 30.3 Å². The second-order valence-corrected chi connectivity index (χ2v) is 1.48. The fourth-order valence-electron chi connectivity index (χ4n) is 0.513. The molecule has 0 N–H and O–H groups in total. The number of hydrogen-bond donors (Lipinski definition) is 0. The van der Waals surface area contributed by atoms with Crippen LogP contribution in [0.3, 0.4) is 0 Å². The third-order valence-corrected chi connectivity index (χ3v) is 0.903. The standard InChI is InChI=1S/C7H5N.Cr/c8-6-7-4-2-1-3-5-7;/h1-5H;. The molecular weight excluding hydrogens is 150 g/mol. The summed E-state index contributed by atoms with van der Waals surface area (Å²) in [5.74, 6) is 0. The number of rotatable bonds is 0. The summed E-state index contributed by atoms with van der Waals surface area (Å²) in [5.41, 5.74) is 0.715. The van der Waals surface area contributed by atoms with Crippen LogP contribution in [0.2, 0.25) is 0 Å². The summed E-state index contributed by atoms with van der Waals surface area (Å²) in [6.45, 7) is 0. The molecule has 9 heavy (non-hydrogen) atoms. The molecular formula is C7H5CrN. The Kier molecular flexibility index (Phi) is 3.80. The zero-order chi connectivity index (χ0) is 5.82. The molecule has 1 rings (SSSR count). The summed E-state index contributed by atoms with van der Waals surface area (Å²) in [5, 5.41) is 8.29. The van der Waals surface area contributed by atoms with Crippen LogP contribution in [0, 0.1) is 11.3 Å². The van der Waals surface area contributed by atoms with Gasteiger partial charge in [-0.05, 0) is 12.1 Å². The summed E-state index contributed by atoms with van der Waals surface area (Å²) < 4.78 is 0. The molecule has 1 aromatic carbocycles. The Labute approximate surface area is 65.1 Å². The molecule has 0 atom stereocenters. The van der Waals surface area contributed by atoms with Crippen molar-refractivity contribution in [2.24, 2.45) is 0 Å². The topological polar surface area (TPSA) is 23.8 Å². The van der Waals surface area contributed by atoms with Crippen molar-refractivity contribution < 1.29 is 17.4 Å². The quantitative estimate of drug-likeness (QED) is 0.557. The largest absolute Gasteiger partial charge is 0.192 e. The monoisotopic (exact) mass is 155 g/mol. The summed E-state index contributed by atoms with van der Waals surface area (Å²) >= 11 is 0. The van der Waals surface area contributed by atoms with Gasteiger partial charge in [0, 0.05) is 17.4 Å². The van der Waals surface area contributed by atoms with Gasteiger partial charge in [-0.1, -0.05) is 18.2 Å². The van der Waals surface area contributed by atoms with Crippen LogP contribution in [0.1, 0.15) is 5.56 Å². The third kappa shape index (κ3) is 2.33. The van der Waals surface area contributed by atoms with Gasteiger partial charge in [0.15, 0.2) is 0 Å². The van der Waals surface area contributed by atoms with E-state index in [4.69, 9.17) is 5.26 Å². The predicted molar refractivity (Wildman–Crippen MR) is 31.2 cm³/mol. The second kappa shape index (κ2) is 4.15. The van der Waals surface area contributed by atoms with Crippen molar-refractivity contribution in [2.75, 3.05) is 0 Å². The molecule has 0 saturated carbocycles. The first kappa shape index (κ1) is 8.24. The maximum absolute atomic E-state index is 8.29. The van der Waals surface area contributed by atoms with Crippen LogP contribution in [0.25, 0.3) is 0 Å². The molecule has 2 heteroatoms. The van der Waals surface area contributed by atoms with Crippen molar-refractivity contribution >= 4 is 0 Å². The molecule has 0 bridgehead atoms. The maximum atomic E-state index is 8.29. The average Bonchev–Trinajstić information content (AvgIpc) is 1.90. The second-order valence-electron chi connectivity index (χ2n) is 1.48. The predicted octanol–water partition coefficient (Wildman–Crippen LogP) is 1.56. The van der Waals surface area contributed by atoms with E-state index in [1.165, 1.54) is 0 Å². The van der Waals surface area contributed by atoms with Crippen LogP contribution in [-0.4, -0.2) is 0 Å². The minimum absolute atomic E-state index is 0. The van der Waals surface area contributed by atoms with Crippen molar-refractivity contribution in [3.8, 4) is 6.07 Å². The Morgan fingerprint density at radius 3 is 2.00 bits per heavy atom. The first-order valence-electron chi connectivity index (χ1n) is 2.38. The van der Waals surface area contributed by atoms with Gasteiger partial charge in [-0.2, -0.15) is 5.26 Å². The van der Waals surface area contributed by atoms with Crippen LogP contribution in [0.5, 0.6) is 0 Å². The molecule has 0 unspecified atom stereocenters. The van der Waals surface area contributed by atoms with Gasteiger partial charge in [0.25, 0.3) is 0 Å². The van der Waals surface area contributed by atoms with Crippen molar-refractivity contribution in [3.63, 3.8) is 0 Å². The maximum Gasteiger partial charge on any atom is 0.0991 e. The van der Waals surface area contributed by atoms with E-state index in [0.717, 1.165) is 0 Å². The molecule has 0 saturated heterocycles. The van der Waals surface area contributed by atoms with Crippen LogP contribution >= 0.6 is 0 Å². The van der Waals surface area contributed by atoms with Gasteiger partial charge in [0.05, 0.1) is 11.6 Å². The molecule has 0 aliphatic carbocycles. The van der Waals surface area contributed by atoms with Gasteiger partial charge in [-0.25, -0.2) is 0 Å². The smallest absolute Gasteiger partial charge is 0.0991 e. The van der Waals surface area contributed by atoms with Crippen LogP contribution in [0.4, 0.5) is 0 Å². The Balaban J connectivity index is 0.000000640. The molecule has 44 valence electrons. The zero-order valence-corrected chi connectivity index (χ0v) is 6.02. The number of hydrogen-bond acceptors (Lipinski definition) is 1. The van der Waals surface area contributed by atoms with Gasteiger partial charge in [-0.15, -0.1) is 0 Å². The molecule has 0 amide bonds. The average molecular weight is 155 g/mol. The van der Waals surface area contributed by atoms with Gasteiger partial charge in [-0.3, -0.25) is 0 Å². The normalized spacial score (nSPS) is 7.00. The van der Waals surface area contributed by atoms with E-state index in [1.807, 2.05) is 24.3 Å². The molecule has 0 radical (unpaired) electrons. The Bertz CT molecular complexity index is 200. The Morgan fingerprint density at radius 1 is 1.11 bits per heavy atom. The van der Waals surface area contributed by atoms with E-state index >= 15 is 0 Å². The van der Waals surface area contributed by atoms with Crippen LogP contribution in [-0.2, 0) is 17.4 Å². The summed E-state index contributed by atoms with van der Waals surface area (Å²) in [6.07, 6.45) is 0. The molecule has 0 aromatic heterocycles. The van der Waals surface area contributed by atoms with Gasteiger partial charge in [0.2, 0.25) is 0 Å². The minimum Gasteiger partial charge on any atom is -0.192 e. The Morgan fingerprint density at radius 2 is 1.67 bits per heavy atom. The third-order valence-electron chi connectivity index (χ3n) is 0.903. The molecule has 1 nitrogen and oxygen atoms in total. The molecule has 0 fully saturated rings. The number of benzene rings is 1. The van der Waals surface area contributed by atoms with E-state index in [2.05, 4.69) is 0 Å². The number of nitrogens with zero attached hydrogens (tertiary/aromatic N) is 1. The Hall–Kier alpha value is -0.758. The minimum atomic E-state index is 0. The van der Waals surface area contributed by atoms with E-state index in [0.29, 0.717) is 5.56 Å². The van der Waals surface area contributed by atoms with Gasteiger partial charge in [0.1, 0.15) is 0 Å². The summed E-state index contributed by atoms with van der Waals surface area (Å²) in [6, 6.07) is 11.2. The van der Waals surface area contributed by atoms with Crippen molar-refractivity contribution in [3.05, 3.63) is 35.9 Å². The number of nitriles is 1. The molecule has 0 aliphatic rings. The molecule has 0 spiro atoms. The molecule has 0 heterocycles. The van der Waals surface area contributed by atoms with E-state index in [9.17, 15) is 0 Å². The first-order chi connectivity index (χ1) is 3.93. The summed E-state index contributed by atoms with van der Waals surface area (Å²) in [4.78, 5) is 0. The van der Waals surface area contributed by atoms with Gasteiger partial charge >= 0.3 is 0 Å². The SMILES string of the molecule is N#Cc1ccccc1.[Cr]. The van der Waals surface area contributed by atoms with E-state index in [-0.39, 0.29) is 17.4 Å². The molecule has 0 aliphatic heterocycles. The van der Waals surface area contributed by atoms with Gasteiger partial charge < -0.3 is 0 Å². The zero-order valence-electron chi connectivity index (χ0n) is 4.74. The summed E-state index contributed by atoms with van der Waals surface area (Å²) in [7, 11) is 0. The van der Waals surface area contributed by atoms with E-state index in [1.54, 1.807) is 12.1 Å². The van der Waals surface area contributed by atoms with Crippen molar-refractivity contribution in [1.29, 1.82) is 5.26 Å².